The van der Waals surface area contributed by atoms with Crippen LogP contribution in [-0.4, -0.2) is 38.7 Å². The van der Waals surface area contributed by atoms with E-state index in [0.29, 0.717) is 17.8 Å². The predicted molar refractivity (Wildman–Crippen MR) is 77.0 cm³/mol. The molecule has 0 aliphatic heterocycles. The number of hydrogen-bond acceptors (Lipinski definition) is 4. The second-order valence-electron chi connectivity index (χ2n) is 5.33. The van der Waals surface area contributed by atoms with Crippen LogP contribution < -0.4 is 5.32 Å². The summed E-state index contributed by atoms with van der Waals surface area (Å²) in [7, 11) is 0. The van der Waals surface area contributed by atoms with Gasteiger partial charge in [-0.3, -0.25) is 4.79 Å². The van der Waals surface area contributed by atoms with Crippen molar-refractivity contribution in [3.8, 4) is 5.69 Å². The lowest BCUT2D eigenvalue weighted by Crippen LogP contribution is -2.33. The molecule has 2 aromatic rings. The number of aliphatic hydroxyl groups is 1. The summed E-state index contributed by atoms with van der Waals surface area (Å²) in [6.07, 6.45) is 5.80. The minimum atomic E-state index is -0.296. The number of para-hydroxylation sites is 1. The first-order valence-electron chi connectivity index (χ1n) is 7.17. The van der Waals surface area contributed by atoms with Gasteiger partial charge >= 0.3 is 0 Å². The number of nitrogens with one attached hydrogen (secondary N) is 1. The van der Waals surface area contributed by atoms with Crippen molar-refractivity contribution < 1.29 is 9.90 Å². The molecule has 1 aliphatic rings. The van der Waals surface area contributed by atoms with Crippen LogP contribution in [0.5, 0.6) is 0 Å². The Morgan fingerprint density at radius 3 is 2.95 bits per heavy atom. The minimum Gasteiger partial charge on any atom is -0.393 e. The number of aliphatic hydroxyl groups excluding tert-OH is 1. The fourth-order valence-corrected chi connectivity index (χ4v) is 2.78. The summed E-state index contributed by atoms with van der Waals surface area (Å²) in [6.45, 7) is 0.506. The maximum atomic E-state index is 12.4. The number of carbonyl (C=O) groups excluding carboxylic acids is 1. The van der Waals surface area contributed by atoms with Crippen LogP contribution in [0.3, 0.4) is 0 Å². The molecule has 0 unspecified atom stereocenters. The molecule has 0 spiro atoms. The molecular weight excluding hydrogens is 268 g/mol. The van der Waals surface area contributed by atoms with Gasteiger partial charge in [0.1, 0.15) is 0 Å². The van der Waals surface area contributed by atoms with E-state index in [-0.39, 0.29) is 17.9 Å². The molecule has 2 N–H and O–H groups in total. The smallest absolute Gasteiger partial charge is 0.253 e. The van der Waals surface area contributed by atoms with E-state index in [9.17, 15) is 9.90 Å². The van der Waals surface area contributed by atoms with Gasteiger partial charge in [0.05, 0.1) is 29.7 Å². The topological polar surface area (TPSA) is 80.0 Å². The Balaban J connectivity index is 1.73. The molecule has 1 saturated carbocycles. The normalized spacial score (nSPS) is 21.4. The highest BCUT2D eigenvalue weighted by atomic mass is 16.3. The van der Waals surface area contributed by atoms with Gasteiger partial charge in [0.15, 0.2) is 0 Å². The first kappa shape index (κ1) is 13.8. The van der Waals surface area contributed by atoms with Crippen molar-refractivity contribution in [2.45, 2.75) is 25.4 Å². The third-order valence-corrected chi connectivity index (χ3v) is 3.96. The van der Waals surface area contributed by atoms with Crippen LogP contribution in [-0.2, 0) is 0 Å². The second kappa shape index (κ2) is 6.05. The van der Waals surface area contributed by atoms with Crippen molar-refractivity contribution >= 4 is 5.91 Å². The molecule has 3 rings (SSSR count). The zero-order valence-electron chi connectivity index (χ0n) is 11.6. The van der Waals surface area contributed by atoms with Crippen molar-refractivity contribution in [1.82, 2.24) is 20.3 Å². The van der Waals surface area contributed by atoms with Gasteiger partial charge < -0.3 is 10.4 Å². The fraction of sp³-hybridized carbons (Fsp3) is 0.400. The molecular formula is C15H18N4O2. The maximum absolute atomic E-state index is 12.4. The van der Waals surface area contributed by atoms with Gasteiger partial charge in [-0.1, -0.05) is 23.8 Å². The molecule has 0 saturated heterocycles. The molecule has 0 radical (unpaired) electrons. The summed E-state index contributed by atoms with van der Waals surface area (Å²) >= 11 is 0. The Labute approximate surface area is 122 Å². The van der Waals surface area contributed by atoms with Crippen LogP contribution in [0.25, 0.3) is 5.69 Å². The molecule has 6 nitrogen and oxygen atoms in total. The average Bonchev–Trinajstić information content (AvgIpc) is 3.16. The lowest BCUT2D eigenvalue weighted by atomic mass is 10.1. The van der Waals surface area contributed by atoms with E-state index < -0.39 is 0 Å². The summed E-state index contributed by atoms with van der Waals surface area (Å²) < 4.78 is 1.57. The van der Waals surface area contributed by atoms with Gasteiger partial charge in [-0.05, 0) is 25.0 Å². The number of aromatic nitrogens is 3. The standard InChI is InChI=1S/C15H18N4O2/c20-14-7-3-4-11(14)10-16-15(21)12-5-1-2-6-13(12)19-9-8-17-18-19/h1-2,5-6,8-9,11,14,20H,3-4,7,10H2,(H,16,21)/t11-,14-/m1/s1. The molecule has 1 aliphatic carbocycles. The van der Waals surface area contributed by atoms with Crippen LogP contribution in [0.4, 0.5) is 0 Å². The number of nitrogens with zero attached hydrogens (tertiary/aromatic N) is 3. The number of amides is 1. The molecule has 1 aromatic heterocycles. The summed E-state index contributed by atoms with van der Waals surface area (Å²) in [4.78, 5) is 12.4. The van der Waals surface area contributed by atoms with E-state index in [2.05, 4.69) is 15.6 Å². The quantitative estimate of drug-likeness (QED) is 0.884. The number of benzene rings is 1. The molecule has 21 heavy (non-hydrogen) atoms. The van der Waals surface area contributed by atoms with Gasteiger partial charge in [-0.2, -0.15) is 0 Å². The van der Waals surface area contributed by atoms with Crippen molar-refractivity contribution in [1.29, 1.82) is 0 Å². The van der Waals surface area contributed by atoms with Gasteiger partial charge in [-0.25, -0.2) is 4.68 Å². The number of hydrogen-bond donors (Lipinski definition) is 2. The van der Waals surface area contributed by atoms with E-state index in [0.717, 1.165) is 19.3 Å². The Bertz CT molecular complexity index is 612. The van der Waals surface area contributed by atoms with E-state index in [1.165, 1.54) is 0 Å². The molecule has 1 amide bonds. The molecule has 6 heteroatoms. The van der Waals surface area contributed by atoms with Crippen molar-refractivity contribution in [3.05, 3.63) is 42.2 Å². The largest absolute Gasteiger partial charge is 0.393 e. The van der Waals surface area contributed by atoms with Gasteiger partial charge in [0.25, 0.3) is 5.91 Å². The van der Waals surface area contributed by atoms with Crippen LogP contribution in [0, 0.1) is 5.92 Å². The lowest BCUT2D eigenvalue weighted by Gasteiger charge is -2.16. The predicted octanol–water partition coefficient (Wildman–Crippen LogP) is 1.16. The fourth-order valence-electron chi connectivity index (χ4n) is 2.78. The minimum absolute atomic E-state index is 0.153. The first-order valence-corrected chi connectivity index (χ1v) is 7.17. The van der Waals surface area contributed by atoms with Crippen LogP contribution >= 0.6 is 0 Å². The zero-order chi connectivity index (χ0) is 14.7. The maximum Gasteiger partial charge on any atom is 0.253 e. The highest BCUT2D eigenvalue weighted by molar-refractivity contribution is 5.97. The second-order valence-corrected chi connectivity index (χ2v) is 5.33. The molecule has 110 valence electrons. The van der Waals surface area contributed by atoms with Gasteiger partial charge in [0, 0.05) is 12.5 Å². The number of carbonyl (C=O) groups is 1. The van der Waals surface area contributed by atoms with Gasteiger partial charge in [-0.15, -0.1) is 5.10 Å². The Kier molecular flexibility index (Phi) is 3.96. The first-order chi connectivity index (χ1) is 10.3. The van der Waals surface area contributed by atoms with E-state index >= 15 is 0 Å². The van der Waals surface area contributed by atoms with Crippen molar-refractivity contribution in [2.24, 2.45) is 5.92 Å². The highest BCUT2D eigenvalue weighted by Gasteiger charge is 2.25. The van der Waals surface area contributed by atoms with E-state index in [4.69, 9.17) is 0 Å². The number of rotatable bonds is 4. The van der Waals surface area contributed by atoms with Gasteiger partial charge in [0.2, 0.25) is 0 Å². The van der Waals surface area contributed by atoms with Crippen molar-refractivity contribution in [3.63, 3.8) is 0 Å². The summed E-state index contributed by atoms with van der Waals surface area (Å²) in [5.41, 5.74) is 1.25. The molecule has 1 aromatic carbocycles. The van der Waals surface area contributed by atoms with Crippen LogP contribution in [0.1, 0.15) is 29.6 Å². The summed E-state index contributed by atoms with van der Waals surface area (Å²) in [5.74, 6) is 0.00711. The zero-order valence-corrected chi connectivity index (χ0v) is 11.6. The summed E-state index contributed by atoms with van der Waals surface area (Å²) in [6, 6.07) is 7.26. The monoisotopic (exact) mass is 286 g/mol. The van der Waals surface area contributed by atoms with Crippen LogP contribution in [0.2, 0.25) is 0 Å². The Morgan fingerprint density at radius 2 is 2.24 bits per heavy atom. The van der Waals surface area contributed by atoms with E-state index in [1.54, 1.807) is 23.1 Å². The highest BCUT2D eigenvalue weighted by Crippen LogP contribution is 2.24. The third kappa shape index (κ3) is 2.95. The van der Waals surface area contributed by atoms with E-state index in [1.807, 2.05) is 18.2 Å². The van der Waals surface area contributed by atoms with Crippen molar-refractivity contribution in [2.75, 3.05) is 6.54 Å². The van der Waals surface area contributed by atoms with Crippen LogP contribution in [0.15, 0.2) is 36.7 Å². The molecule has 2 atom stereocenters. The average molecular weight is 286 g/mol. The molecule has 1 fully saturated rings. The SMILES string of the molecule is O=C(NC[C@H]1CCC[C@H]1O)c1ccccc1-n1ccnn1. The third-order valence-electron chi connectivity index (χ3n) is 3.96. The Morgan fingerprint density at radius 1 is 1.38 bits per heavy atom. The summed E-state index contributed by atoms with van der Waals surface area (Å²) in [5, 5.41) is 20.4. The molecule has 0 bridgehead atoms. The molecule has 1 heterocycles. The lowest BCUT2D eigenvalue weighted by molar-refractivity contribution is 0.0916. The Hall–Kier alpha value is -2.21.